The van der Waals surface area contributed by atoms with Gasteiger partial charge in [-0.1, -0.05) is 19.8 Å². The molecule has 8 heteroatoms. The average molecular weight is 274 g/mol. The molecule has 0 aliphatic rings. The molecule has 0 bridgehead atoms. The van der Waals surface area contributed by atoms with E-state index in [0.29, 0.717) is 6.42 Å². The van der Waals surface area contributed by atoms with E-state index in [1.165, 1.54) is 6.07 Å². The summed E-state index contributed by atoms with van der Waals surface area (Å²) in [6.07, 6.45) is 3.51. The Kier molecular flexibility index (Phi) is 5.17. The van der Waals surface area contributed by atoms with E-state index in [0.717, 1.165) is 25.1 Å². The summed E-state index contributed by atoms with van der Waals surface area (Å²) in [5, 5.41) is 10.7. The first-order valence-electron chi connectivity index (χ1n) is 5.48. The molecule has 1 heterocycles. The van der Waals surface area contributed by atoms with Crippen LogP contribution >= 0.6 is 0 Å². The zero-order valence-corrected chi connectivity index (χ0v) is 10.7. The Morgan fingerprint density at radius 1 is 1.44 bits per heavy atom. The number of unbranched alkanes of at least 4 members (excludes halogenated alkanes) is 2. The van der Waals surface area contributed by atoms with Crippen LogP contribution in [0.5, 0.6) is 0 Å². The van der Waals surface area contributed by atoms with Gasteiger partial charge in [-0.3, -0.25) is 4.18 Å². The minimum atomic E-state index is -4.12. The van der Waals surface area contributed by atoms with E-state index in [1.807, 2.05) is 6.92 Å². The molecular formula is C10H14N2O5S. The van der Waals surface area contributed by atoms with Crippen LogP contribution in [0.3, 0.4) is 0 Å². The third-order valence-electron chi connectivity index (χ3n) is 2.18. The van der Waals surface area contributed by atoms with Gasteiger partial charge in [0.15, 0.2) is 4.90 Å². The molecule has 0 aliphatic carbocycles. The minimum absolute atomic E-state index is 0.0161. The van der Waals surface area contributed by atoms with Crippen molar-refractivity contribution in [3.8, 4) is 0 Å². The summed E-state index contributed by atoms with van der Waals surface area (Å²) in [7, 11) is -4.12. The normalized spacial score (nSPS) is 11.4. The lowest BCUT2D eigenvalue weighted by molar-refractivity contribution is -0.392. The Bertz CT molecular complexity index is 515. The van der Waals surface area contributed by atoms with Crippen LogP contribution < -0.4 is 0 Å². The molecule has 1 aromatic heterocycles. The van der Waals surface area contributed by atoms with Gasteiger partial charge < -0.3 is 10.1 Å². The molecular weight excluding hydrogens is 260 g/mol. The summed E-state index contributed by atoms with van der Waals surface area (Å²) in [4.78, 5) is 12.7. The van der Waals surface area contributed by atoms with E-state index in [4.69, 9.17) is 4.18 Å². The Labute approximate surface area is 105 Å². The molecule has 0 atom stereocenters. The molecule has 0 aromatic carbocycles. The quantitative estimate of drug-likeness (QED) is 0.326. The number of aromatic nitrogens is 1. The van der Waals surface area contributed by atoms with Crippen molar-refractivity contribution in [1.29, 1.82) is 0 Å². The highest BCUT2D eigenvalue weighted by molar-refractivity contribution is 7.86. The standard InChI is InChI=1S/C10H14N2O5S/c1-2-3-4-8-17-18(15,16)9-6-5-7-11-10(9)12(13)14/h5-7H,2-4,8H2,1H3. The zero-order chi connectivity index (χ0) is 13.6. The molecule has 0 saturated carbocycles. The third-order valence-corrected chi connectivity index (χ3v) is 3.51. The fraction of sp³-hybridized carbons (Fsp3) is 0.500. The number of pyridine rings is 1. The topological polar surface area (TPSA) is 99.4 Å². The van der Waals surface area contributed by atoms with Crippen molar-refractivity contribution in [2.75, 3.05) is 6.61 Å². The molecule has 18 heavy (non-hydrogen) atoms. The summed E-state index contributed by atoms with van der Waals surface area (Å²) in [5.41, 5.74) is 0. The van der Waals surface area contributed by atoms with Gasteiger partial charge in [-0.25, -0.2) is 0 Å². The summed E-state index contributed by atoms with van der Waals surface area (Å²) in [6, 6.07) is 2.43. The van der Waals surface area contributed by atoms with Gasteiger partial charge in [0, 0.05) is 0 Å². The molecule has 0 aliphatic heterocycles. The highest BCUT2D eigenvalue weighted by Gasteiger charge is 2.27. The lowest BCUT2D eigenvalue weighted by Crippen LogP contribution is -2.10. The van der Waals surface area contributed by atoms with Crippen molar-refractivity contribution >= 4 is 15.9 Å². The molecule has 0 fully saturated rings. The smallest absolute Gasteiger partial charge is 0.358 e. The van der Waals surface area contributed by atoms with Crippen LogP contribution in [-0.2, 0) is 14.3 Å². The van der Waals surface area contributed by atoms with E-state index in [9.17, 15) is 18.5 Å². The molecule has 7 nitrogen and oxygen atoms in total. The van der Waals surface area contributed by atoms with E-state index in [-0.39, 0.29) is 6.61 Å². The zero-order valence-electron chi connectivity index (χ0n) is 9.90. The Morgan fingerprint density at radius 2 is 2.17 bits per heavy atom. The van der Waals surface area contributed by atoms with Gasteiger partial charge in [0.1, 0.15) is 6.20 Å². The second kappa shape index (κ2) is 6.41. The summed E-state index contributed by atoms with van der Waals surface area (Å²) in [6.45, 7) is 1.99. The molecule has 1 rings (SSSR count). The molecule has 1 aromatic rings. The van der Waals surface area contributed by atoms with Crippen molar-refractivity contribution in [2.24, 2.45) is 0 Å². The molecule has 0 N–H and O–H groups in total. The molecule has 100 valence electrons. The van der Waals surface area contributed by atoms with Crippen molar-refractivity contribution < 1.29 is 17.5 Å². The number of hydrogen-bond acceptors (Lipinski definition) is 6. The number of nitrogens with zero attached hydrogens (tertiary/aromatic N) is 2. The van der Waals surface area contributed by atoms with Gasteiger partial charge in [0.2, 0.25) is 0 Å². The first kappa shape index (κ1) is 14.5. The highest BCUT2D eigenvalue weighted by atomic mass is 32.2. The summed E-state index contributed by atoms with van der Waals surface area (Å²) < 4.78 is 28.2. The molecule has 0 unspecified atom stereocenters. The fourth-order valence-electron chi connectivity index (χ4n) is 1.30. The van der Waals surface area contributed by atoms with Crippen molar-refractivity contribution in [3.63, 3.8) is 0 Å². The third kappa shape index (κ3) is 3.74. The monoisotopic (exact) mass is 274 g/mol. The maximum atomic E-state index is 11.8. The predicted molar refractivity (Wildman–Crippen MR) is 63.6 cm³/mol. The second-order valence-corrected chi connectivity index (χ2v) is 5.15. The maximum Gasteiger partial charge on any atom is 0.384 e. The SMILES string of the molecule is CCCCCOS(=O)(=O)c1cccnc1[N+](=O)[O-]. The van der Waals surface area contributed by atoms with Crippen LogP contribution in [0.25, 0.3) is 0 Å². The lowest BCUT2D eigenvalue weighted by atomic mass is 10.3. The summed E-state index contributed by atoms with van der Waals surface area (Å²) in [5.74, 6) is -0.715. The number of nitro groups is 1. The molecule has 0 radical (unpaired) electrons. The van der Waals surface area contributed by atoms with E-state index in [2.05, 4.69) is 4.98 Å². The first-order valence-corrected chi connectivity index (χ1v) is 6.88. The maximum absolute atomic E-state index is 11.8. The van der Waals surface area contributed by atoms with Crippen molar-refractivity contribution in [3.05, 3.63) is 28.4 Å². The first-order chi connectivity index (χ1) is 8.49. The molecule has 0 spiro atoms. The highest BCUT2D eigenvalue weighted by Crippen LogP contribution is 2.22. The van der Waals surface area contributed by atoms with Gasteiger partial charge in [-0.2, -0.15) is 8.42 Å². The Morgan fingerprint density at radius 3 is 2.78 bits per heavy atom. The van der Waals surface area contributed by atoms with Gasteiger partial charge >= 0.3 is 15.9 Å². The largest absolute Gasteiger partial charge is 0.384 e. The Hall–Kier alpha value is -1.54. The van der Waals surface area contributed by atoms with Crippen LogP contribution in [0.2, 0.25) is 0 Å². The molecule has 0 amide bonds. The predicted octanol–water partition coefficient (Wildman–Crippen LogP) is 1.89. The summed E-state index contributed by atoms with van der Waals surface area (Å²) >= 11 is 0. The fourth-order valence-corrected chi connectivity index (χ4v) is 2.36. The van der Waals surface area contributed by atoms with Gasteiger partial charge in [-0.15, -0.1) is 0 Å². The number of hydrogen-bond donors (Lipinski definition) is 0. The van der Waals surface area contributed by atoms with Crippen molar-refractivity contribution in [1.82, 2.24) is 4.98 Å². The van der Waals surface area contributed by atoms with Crippen LogP contribution in [0.15, 0.2) is 23.2 Å². The van der Waals surface area contributed by atoms with Crippen LogP contribution in [0.1, 0.15) is 26.2 Å². The van der Waals surface area contributed by atoms with E-state index >= 15 is 0 Å². The van der Waals surface area contributed by atoms with E-state index < -0.39 is 25.8 Å². The van der Waals surface area contributed by atoms with Crippen LogP contribution in [0.4, 0.5) is 5.82 Å². The average Bonchev–Trinajstić information content (AvgIpc) is 2.35. The number of rotatable bonds is 7. The van der Waals surface area contributed by atoms with Crippen molar-refractivity contribution in [2.45, 2.75) is 31.1 Å². The van der Waals surface area contributed by atoms with Gasteiger partial charge in [-0.05, 0) is 28.5 Å². The van der Waals surface area contributed by atoms with Crippen LogP contribution in [0, 0.1) is 10.1 Å². The van der Waals surface area contributed by atoms with E-state index in [1.54, 1.807) is 0 Å². The minimum Gasteiger partial charge on any atom is -0.358 e. The lowest BCUT2D eigenvalue weighted by Gasteiger charge is -2.05. The van der Waals surface area contributed by atoms with Gasteiger partial charge in [0.05, 0.1) is 6.61 Å². The van der Waals surface area contributed by atoms with Crippen LogP contribution in [-0.4, -0.2) is 24.9 Å². The molecule has 0 saturated heterocycles. The second-order valence-electron chi connectivity index (χ2n) is 3.57. The Balaban J connectivity index is 2.88. The van der Waals surface area contributed by atoms with Gasteiger partial charge in [0.25, 0.3) is 0 Å².